The van der Waals surface area contributed by atoms with Crippen LogP contribution in [0.3, 0.4) is 0 Å². The fourth-order valence-electron chi connectivity index (χ4n) is 1.89. The topological polar surface area (TPSA) is 85.8 Å². The summed E-state index contributed by atoms with van der Waals surface area (Å²) in [4.78, 5) is 15.2. The Kier molecular flexibility index (Phi) is 3.40. The first-order valence-electron chi connectivity index (χ1n) is 5.83. The smallest absolute Gasteiger partial charge is 0.358 e. The highest BCUT2D eigenvalue weighted by molar-refractivity contribution is 5.86. The normalized spacial score (nSPS) is 10.8. The molecule has 0 spiro atoms. The molecule has 7 heteroatoms. The molecule has 2 aromatic rings. The molecule has 0 aliphatic rings. The summed E-state index contributed by atoms with van der Waals surface area (Å²) in [6.45, 7) is 5.16. The van der Waals surface area contributed by atoms with Gasteiger partial charge in [-0.15, -0.1) is 5.10 Å². The SMILES string of the molecule is CCc1c(C(=O)O)nnn1Cc1nccn1CC. The zero-order chi connectivity index (χ0) is 13.1. The van der Waals surface area contributed by atoms with Crippen LogP contribution in [0.4, 0.5) is 0 Å². The van der Waals surface area contributed by atoms with E-state index in [1.165, 1.54) is 0 Å². The van der Waals surface area contributed by atoms with E-state index >= 15 is 0 Å². The molecule has 2 heterocycles. The second-order valence-electron chi connectivity index (χ2n) is 3.83. The minimum Gasteiger partial charge on any atom is -0.476 e. The largest absolute Gasteiger partial charge is 0.476 e. The van der Waals surface area contributed by atoms with E-state index < -0.39 is 5.97 Å². The molecule has 0 saturated carbocycles. The molecule has 0 fully saturated rings. The lowest BCUT2D eigenvalue weighted by atomic mass is 10.2. The van der Waals surface area contributed by atoms with Crippen LogP contribution in [0.5, 0.6) is 0 Å². The van der Waals surface area contributed by atoms with Gasteiger partial charge in [0.2, 0.25) is 0 Å². The molecule has 0 amide bonds. The lowest BCUT2D eigenvalue weighted by molar-refractivity contribution is 0.0689. The number of nitrogens with zero attached hydrogens (tertiary/aromatic N) is 5. The number of aryl methyl sites for hydroxylation is 1. The third-order valence-corrected chi connectivity index (χ3v) is 2.81. The molecule has 2 aromatic heterocycles. The summed E-state index contributed by atoms with van der Waals surface area (Å²) in [7, 11) is 0. The van der Waals surface area contributed by atoms with Crippen molar-refractivity contribution in [3.05, 3.63) is 29.6 Å². The van der Waals surface area contributed by atoms with Gasteiger partial charge in [0.15, 0.2) is 5.69 Å². The van der Waals surface area contributed by atoms with Crippen LogP contribution in [0, 0.1) is 0 Å². The van der Waals surface area contributed by atoms with Crippen molar-refractivity contribution < 1.29 is 9.90 Å². The summed E-state index contributed by atoms with van der Waals surface area (Å²) in [5.41, 5.74) is 0.639. The van der Waals surface area contributed by atoms with Crippen LogP contribution < -0.4 is 0 Å². The highest BCUT2D eigenvalue weighted by Gasteiger charge is 2.18. The predicted molar refractivity (Wildman–Crippen MR) is 63.4 cm³/mol. The molecule has 0 radical (unpaired) electrons. The summed E-state index contributed by atoms with van der Waals surface area (Å²) in [6, 6.07) is 0. The second-order valence-corrected chi connectivity index (χ2v) is 3.83. The first-order valence-corrected chi connectivity index (χ1v) is 5.83. The number of aromatic carboxylic acids is 1. The zero-order valence-electron chi connectivity index (χ0n) is 10.4. The van der Waals surface area contributed by atoms with Gasteiger partial charge in [-0.25, -0.2) is 14.5 Å². The van der Waals surface area contributed by atoms with Gasteiger partial charge in [-0.2, -0.15) is 0 Å². The fraction of sp³-hybridized carbons (Fsp3) is 0.455. The molecule has 0 unspecified atom stereocenters. The lowest BCUT2D eigenvalue weighted by Crippen LogP contribution is -2.12. The molecular formula is C11H15N5O2. The molecule has 0 aromatic carbocycles. The summed E-state index contributed by atoms with van der Waals surface area (Å²) in [6.07, 6.45) is 4.18. The molecule has 0 aliphatic heterocycles. The number of carboxylic acids is 1. The van der Waals surface area contributed by atoms with Gasteiger partial charge in [-0.05, 0) is 13.3 Å². The summed E-state index contributed by atoms with van der Waals surface area (Å²) >= 11 is 0. The molecule has 1 N–H and O–H groups in total. The Hall–Kier alpha value is -2.18. The van der Waals surface area contributed by atoms with Gasteiger partial charge in [-0.3, -0.25) is 0 Å². The predicted octanol–water partition coefficient (Wildman–Crippen LogP) is 0.803. The van der Waals surface area contributed by atoms with Crippen molar-refractivity contribution in [1.29, 1.82) is 0 Å². The van der Waals surface area contributed by atoms with Gasteiger partial charge in [-0.1, -0.05) is 12.1 Å². The minimum atomic E-state index is -1.04. The van der Waals surface area contributed by atoms with Crippen LogP contribution in [0.2, 0.25) is 0 Å². The average Bonchev–Trinajstić information content (AvgIpc) is 2.95. The Balaban J connectivity index is 2.32. The van der Waals surface area contributed by atoms with E-state index in [2.05, 4.69) is 15.3 Å². The van der Waals surface area contributed by atoms with Crippen LogP contribution in [0.1, 0.15) is 35.9 Å². The van der Waals surface area contributed by atoms with E-state index in [0.717, 1.165) is 12.4 Å². The highest BCUT2D eigenvalue weighted by Crippen LogP contribution is 2.09. The van der Waals surface area contributed by atoms with E-state index in [4.69, 9.17) is 5.11 Å². The van der Waals surface area contributed by atoms with Crippen molar-refractivity contribution in [2.75, 3.05) is 0 Å². The van der Waals surface area contributed by atoms with Crippen molar-refractivity contribution in [3.63, 3.8) is 0 Å². The molecule has 0 atom stereocenters. The quantitative estimate of drug-likeness (QED) is 0.847. The van der Waals surface area contributed by atoms with E-state index in [0.29, 0.717) is 18.7 Å². The van der Waals surface area contributed by atoms with Crippen molar-refractivity contribution in [2.45, 2.75) is 33.4 Å². The van der Waals surface area contributed by atoms with Gasteiger partial charge in [0, 0.05) is 18.9 Å². The summed E-state index contributed by atoms with van der Waals surface area (Å²) < 4.78 is 3.58. The standard InChI is InChI=1S/C11H15N5O2/c1-3-8-10(11(17)18)13-14-16(8)7-9-12-5-6-15(9)4-2/h5-6H,3-4,7H2,1-2H3,(H,17,18). The maximum absolute atomic E-state index is 11.0. The maximum atomic E-state index is 11.0. The number of carboxylic acid groups (broad SMARTS) is 1. The van der Waals surface area contributed by atoms with E-state index in [-0.39, 0.29) is 5.69 Å². The lowest BCUT2D eigenvalue weighted by Gasteiger charge is -2.06. The Bertz CT molecular complexity index is 558. The number of carbonyl (C=O) groups is 1. The molecule has 7 nitrogen and oxygen atoms in total. The maximum Gasteiger partial charge on any atom is 0.358 e. The minimum absolute atomic E-state index is 0.0205. The molecule has 96 valence electrons. The summed E-state index contributed by atoms with van der Waals surface area (Å²) in [5, 5.41) is 16.6. The monoisotopic (exact) mass is 249 g/mol. The zero-order valence-corrected chi connectivity index (χ0v) is 10.4. The van der Waals surface area contributed by atoms with Crippen molar-refractivity contribution in [3.8, 4) is 0 Å². The van der Waals surface area contributed by atoms with Gasteiger partial charge in [0.05, 0.1) is 5.69 Å². The molecule has 0 bridgehead atoms. The van der Waals surface area contributed by atoms with Crippen molar-refractivity contribution in [1.82, 2.24) is 24.5 Å². The molecule has 2 rings (SSSR count). The number of aromatic nitrogens is 5. The van der Waals surface area contributed by atoms with Crippen LogP contribution in [0.15, 0.2) is 12.4 Å². The first kappa shape index (κ1) is 12.3. The summed E-state index contributed by atoms with van der Waals surface area (Å²) in [5.74, 6) is -0.203. The molecule has 18 heavy (non-hydrogen) atoms. The Morgan fingerprint density at radius 2 is 2.22 bits per heavy atom. The average molecular weight is 249 g/mol. The molecule has 0 saturated heterocycles. The third-order valence-electron chi connectivity index (χ3n) is 2.81. The van der Waals surface area contributed by atoms with Crippen molar-refractivity contribution >= 4 is 5.97 Å². The molecular weight excluding hydrogens is 234 g/mol. The number of imidazole rings is 1. The van der Waals surface area contributed by atoms with Gasteiger partial charge < -0.3 is 9.67 Å². The van der Waals surface area contributed by atoms with Gasteiger partial charge in [0.25, 0.3) is 0 Å². The van der Waals surface area contributed by atoms with Crippen molar-refractivity contribution in [2.24, 2.45) is 0 Å². The second kappa shape index (κ2) is 4.99. The van der Waals surface area contributed by atoms with Crippen LogP contribution in [-0.2, 0) is 19.5 Å². The number of rotatable bonds is 5. The van der Waals surface area contributed by atoms with Crippen LogP contribution in [-0.4, -0.2) is 35.6 Å². The number of hydrogen-bond acceptors (Lipinski definition) is 4. The van der Waals surface area contributed by atoms with E-state index in [9.17, 15) is 4.79 Å². The Morgan fingerprint density at radius 3 is 2.83 bits per heavy atom. The molecule has 0 aliphatic carbocycles. The first-order chi connectivity index (χ1) is 8.67. The van der Waals surface area contributed by atoms with Crippen LogP contribution >= 0.6 is 0 Å². The Labute approximate surface area is 104 Å². The Morgan fingerprint density at radius 1 is 1.44 bits per heavy atom. The third kappa shape index (κ3) is 2.11. The van der Waals surface area contributed by atoms with Gasteiger partial charge >= 0.3 is 5.97 Å². The van der Waals surface area contributed by atoms with Gasteiger partial charge in [0.1, 0.15) is 12.4 Å². The van der Waals surface area contributed by atoms with E-state index in [1.807, 2.05) is 24.6 Å². The fourth-order valence-corrected chi connectivity index (χ4v) is 1.89. The highest BCUT2D eigenvalue weighted by atomic mass is 16.4. The number of hydrogen-bond donors (Lipinski definition) is 1. The van der Waals surface area contributed by atoms with Crippen LogP contribution in [0.25, 0.3) is 0 Å². The van der Waals surface area contributed by atoms with E-state index in [1.54, 1.807) is 10.9 Å².